The molecule has 4 nitrogen and oxygen atoms in total. The summed E-state index contributed by atoms with van der Waals surface area (Å²) in [6.07, 6.45) is 2.21. The number of hydrogen-bond donors (Lipinski definition) is 0. The summed E-state index contributed by atoms with van der Waals surface area (Å²) < 4.78 is 5.58. The Kier molecular flexibility index (Phi) is 3.89. The summed E-state index contributed by atoms with van der Waals surface area (Å²) in [4.78, 5) is 14.4. The Balaban J connectivity index is 2.05. The van der Waals surface area contributed by atoms with E-state index in [4.69, 9.17) is 10.00 Å². The van der Waals surface area contributed by atoms with Gasteiger partial charge in [0, 0.05) is 0 Å². The van der Waals surface area contributed by atoms with Crippen molar-refractivity contribution in [1.82, 2.24) is 4.98 Å². The number of ether oxygens (including phenoxy) is 1. The van der Waals surface area contributed by atoms with Crippen LogP contribution in [0.4, 0.5) is 0 Å². The molecule has 0 atom stereocenters. The quantitative estimate of drug-likeness (QED) is 0.785. The van der Waals surface area contributed by atoms with Crippen molar-refractivity contribution >= 4 is 6.29 Å². The van der Waals surface area contributed by atoms with Gasteiger partial charge in [-0.1, -0.05) is 6.07 Å². The molecule has 4 heteroatoms. The molecular weight excluding hydrogens is 240 g/mol. The Morgan fingerprint density at radius 3 is 2.79 bits per heavy atom. The number of aryl methyl sites for hydroxylation is 1. The molecule has 0 aliphatic heterocycles. The van der Waals surface area contributed by atoms with Crippen LogP contribution in [0.1, 0.15) is 27.2 Å². The van der Waals surface area contributed by atoms with E-state index in [-0.39, 0.29) is 0 Å². The van der Waals surface area contributed by atoms with Gasteiger partial charge in [-0.3, -0.25) is 4.79 Å². The van der Waals surface area contributed by atoms with Crippen LogP contribution in [0.3, 0.4) is 0 Å². The number of carbonyl (C=O) groups is 1. The van der Waals surface area contributed by atoms with Crippen molar-refractivity contribution in [1.29, 1.82) is 5.26 Å². The number of aldehydes is 1. The molecule has 1 aromatic heterocycles. The van der Waals surface area contributed by atoms with Gasteiger partial charge in [0.15, 0.2) is 6.29 Å². The van der Waals surface area contributed by atoms with Crippen molar-refractivity contribution in [2.75, 3.05) is 0 Å². The second-order valence-electron chi connectivity index (χ2n) is 4.08. The van der Waals surface area contributed by atoms with Crippen LogP contribution in [0.2, 0.25) is 0 Å². The molecule has 0 unspecified atom stereocenters. The number of pyridine rings is 1. The summed E-state index contributed by atoms with van der Waals surface area (Å²) in [5, 5.41) is 8.79. The van der Waals surface area contributed by atoms with Crippen LogP contribution in [-0.4, -0.2) is 11.3 Å². The minimum Gasteiger partial charge on any atom is -0.487 e. The van der Waals surface area contributed by atoms with Crippen LogP contribution in [-0.2, 0) is 6.61 Å². The van der Waals surface area contributed by atoms with Crippen LogP contribution in [0.5, 0.6) is 5.75 Å². The second kappa shape index (κ2) is 5.78. The van der Waals surface area contributed by atoms with Crippen LogP contribution in [0.25, 0.3) is 0 Å². The Morgan fingerprint density at radius 2 is 2.21 bits per heavy atom. The molecule has 0 saturated heterocycles. The van der Waals surface area contributed by atoms with Gasteiger partial charge < -0.3 is 4.74 Å². The zero-order valence-corrected chi connectivity index (χ0v) is 10.5. The van der Waals surface area contributed by atoms with E-state index in [2.05, 4.69) is 11.1 Å². The van der Waals surface area contributed by atoms with Gasteiger partial charge in [0.1, 0.15) is 18.1 Å². The van der Waals surface area contributed by atoms with E-state index in [1.165, 1.54) is 6.20 Å². The van der Waals surface area contributed by atoms with Gasteiger partial charge in [-0.25, -0.2) is 4.98 Å². The topological polar surface area (TPSA) is 63.0 Å². The summed E-state index contributed by atoms with van der Waals surface area (Å²) >= 11 is 0. The number of carbonyl (C=O) groups excluding carboxylic acids is 1. The average molecular weight is 252 g/mol. The van der Waals surface area contributed by atoms with Crippen LogP contribution < -0.4 is 4.74 Å². The first-order chi connectivity index (χ1) is 9.22. The van der Waals surface area contributed by atoms with Crippen LogP contribution in [0.15, 0.2) is 36.5 Å². The lowest BCUT2D eigenvalue weighted by Crippen LogP contribution is -1.99. The standard InChI is InChI=1S/C15H12N2O2/c1-11-6-12(7-16)2-3-13(11)10-19-15-5-4-14(9-18)17-8-15/h2-6,8-9H,10H2,1H3. The minimum absolute atomic E-state index is 0.377. The van der Waals surface area contributed by atoms with Crippen molar-refractivity contribution < 1.29 is 9.53 Å². The van der Waals surface area contributed by atoms with Crippen LogP contribution >= 0.6 is 0 Å². The molecule has 0 spiro atoms. The summed E-state index contributed by atoms with van der Waals surface area (Å²) in [6.45, 7) is 2.34. The first-order valence-corrected chi connectivity index (χ1v) is 5.76. The maximum absolute atomic E-state index is 10.5. The minimum atomic E-state index is 0.377. The van der Waals surface area contributed by atoms with E-state index in [1.54, 1.807) is 18.2 Å². The number of hydrogen-bond acceptors (Lipinski definition) is 4. The SMILES string of the molecule is Cc1cc(C#N)ccc1COc1ccc(C=O)nc1. The van der Waals surface area contributed by atoms with Crippen molar-refractivity contribution in [3.8, 4) is 11.8 Å². The first-order valence-electron chi connectivity index (χ1n) is 5.76. The molecule has 1 aromatic carbocycles. The van der Waals surface area contributed by atoms with Gasteiger partial charge in [-0.2, -0.15) is 5.26 Å². The summed E-state index contributed by atoms with van der Waals surface area (Å²) in [5.41, 5.74) is 3.04. The molecule has 0 aliphatic carbocycles. The number of nitriles is 1. The Hall–Kier alpha value is -2.67. The van der Waals surface area contributed by atoms with Crippen LogP contribution in [0, 0.1) is 18.3 Å². The fraction of sp³-hybridized carbons (Fsp3) is 0.133. The van der Waals surface area contributed by atoms with Crippen molar-refractivity contribution in [3.63, 3.8) is 0 Å². The highest BCUT2D eigenvalue weighted by Gasteiger charge is 2.02. The van der Waals surface area contributed by atoms with E-state index in [0.29, 0.717) is 29.9 Å². The molecule has 2 rings (SSSR count). The lowest BCUT2D eigenvalue weighted by atomic mass is 10.1. The molecule has 0 radical (unpaired) electrons. The molecule has 94 valence electrons. The fourth-order valence-electron chi connectivity index (χ4n) is 1.64. The molecule has 19 heavy (non-hydrogen) atoms. The highest BCUT2D eigenvalue weighted by molar-refractivity contribution is 5.71. The van der Waals surface area contributed by atoms with Gasteiger partial charge in [0.05, 0.1) is 17.8 Å². The Labute approximate surface area is 111 Å². The van der Waals surface area contributed by atoms with E-state index in [0.717, 1.165) is 11.1 Å². The lowest BCUT2D eigenvalue weighted by Gasteiger charge is -2.08. The monoisotopic (exact) mass is 252 g/mol. The zero-order chi connectivity index (χ0) is 13.7. The van der Waals surface area contributed by atoms with Gasteiger partial charge in [-0.15, -0.1) is 0 Å². The van der Waals surface area contributed by atoms with Crippen molar-refractivity contribution in [2.45, 2.75) is 13.5 Å². The summed E-state index contributed by atoms with van der Waals surface area (Å²) in [6, 6.07) is 10.9. The van der Waals surface area contributed by atoms with E-state index >= 15 is 0 Å². The highest BCUT2D eigenvalue weighted by atomic mass is 16.5. The second-order valence-corrected chi connectivity index (χ2v) is 4.08. The largest absolute Gasteiger partial charge is 0.487 e. The fourth-order valence-corrected chi connectivity index (χ4v) is 1.64. The smallest absolute Gasteiger partial charge is 0.168 e. The molecule has 0 bridgehead atoms. The Morgan fingerprint density at radius 1 is 1.37 bits per heavy atom. The van der Waals surface area contributed by atoms with E-state index in [9.17, 15) is 4.79 Å². The normalized spacial score (nSPS) is 9.68. The first kappa shape index (κ1) is 12.8. The van der Waals surface area contributed by atoms with Crippen molar-refractivity contribution in [3.05, 3.63) is 58.9 Å². The maximum Gasteiger partial charge on any atom is 0.168 e. The van der Waals surface area contributed by atoms with E-state index in [1.807, 2.05) is 19.1 Å². The van der Waals surface area contributed by atoms with Crippen molar-refractivity contribution in [2.24, 2.45) is 0 Å². The zero-order valence-electron chi connectivity index (χ0n) is 10.5. The highest BCUT2D eigenvalue weighted by Crippen LogP contribution is 2.15. The molecule has 0 fully saturated rings. The molecule has 0 saturated carbocycles. The summed E-state index contributed by atoms with van der Waals surface area (Å²) in [7, 11) is 0. The molecule has 0 aliphatic rings. The molecule has 1 heterocycles. The molecule has 2 aromatic rings. The number of benzene rings is 1. The van der Waals surface area contributed by atoms with Gasteiger partial charge >= 0.3 is 0 Å². The third kappa shape index (κ3) is 3.17. The molecular formula is C15H12N2O2. The maximum atomic E-state index is 10.5. The molecule has 0 amide bonds. The van der Waals surface area contributed by atoms with Gasteiger partial charge in [-0.05, 0) is 42.3 Å². The van der Waals surface area contributed by atoms with Gasteiger partial charge in [0.25, 0.3) is 0 Å². The number of rotatable bonds is 4. The Bertz CT molecular complexity index is 628. The van der Waals surface area contributed by atoms with E-state index < -0.39 is 0 Å². The third-order valence-corrected chi connectivity index (χ3v) is 2.75. The lowest BCUT2D eigenvalue weighted by molar-refractivity contribution is 0.111. The third-order valence-electron chi connectivity index (χ3n) is 2.75. The summed E-state index contributed by atoms with van der Waals surface area (Å²) in [5.74, 6) is 0.606. The number of aromatic nitrogens is 1. The average Bonchev–Trinajstić information content (AvgIpc) is 2.46. The number of nitrogens with zero attached hydrogens (tertiary/aromatic N) is 2. The predicted molar refractivity (Wildman–Crippen MR) is 69.9 cm³/mol. The predicted octanol–water partition coefficient (Wildman–Crippen LogP) is 2.65. The van der Waals surface area contributed by atoms with Gasteiger partial charge in [0.2, 0.25) is 0 Å². The molecule has 0 N–H and O–H groups in total.